The summed E-state index contributed by atoms with van der Waals surface area (Å²) in [6.07, 6.45) is 5.72. The quantitative estimate of drug-likeness (QED) is 0.558. The Morgan fingerprint density at radius 2 is 1.90 bits per heavy atom. The van der Waals surface area contributed by atoms with E-state index in [1.807, 2.05) is 24.3 Å². The first-order chi connectivity index (χ1) is 14.6. The van der Waals surface area contributed by atoms with E-state index in [2.05, 4.69) is 21.5 Å². The number of ether oxygens (including phenoxy) is 3. The number of nitrogens with one attached hydrogen (secondary N) is 1. The summed E-state index contributed by atoms with van der Waals surface area (Å²) in [6, 6.07) is 9.82. The lowest BCUT2D eigenvalue weighted by Crippen LogP contribution is -2.33. The fourth-order valence-corrected chi connectivity index (χ4v) is 5.43. The standard InChI is InChI=1S/C23H25NO5S/c1-27-20(25)13-18(23(26)28-2)24-17-9-5-3-7-14(17)21-16-11-12-30-22(16)15-8-4-6-10-19(15)29-21/h3,5,7,9,11-13,15,19,21,24H,4,6,8,10H2,1-2H3/b18-13+. The number of fused-ring (bicyclic) bond motifs is 3. The van der Waals surface area contributed by atoms with Crippen LogP contribution in [0.5, 0.6) is 0 Å². The molecule has 0 amide bonds. The predicted octanol–water partition coefficient (Wildman–Crippen LogP) is 4.54. The van der Waals surface area contributed by atoms with E-state index in [0.717, 1.165) is 18.1 Å². The molecule has 158 valence electrons. The molecule has 2 aromatic rings. The van der Waals surface area contributed by atoms with Crippen LogP contribution in [0.2, 0.25) is 0 Å². The molecular formula is C23H25NO5S. The van der Waals surface area contributed by atoms with Gasteiger partial charge in [-0.3, -0.25) is 0 Å². The van der Waals surface area contributed by atoms with E-state index < -0.39 is 11.9 Å². The lowest BCUT2D eigenvalue weighted by atomic mass is 9.80. The zero-order valence-electron chi connectivity index (χ0n) is 17.1. The lowest BCUT2D eigenvalue weighted by molar-refractivity contribution is -0.138. The fraction of sp³-hybridized carbons (Fsp3) is 0.391. The van der Waals surface area contributed by atoms with E-state index in [1.54, 1.807) is 11.3 Å². The third-order valence-corrected chi connectivity index (χ3v) is 6.81. The summed E-state index contributed by atoms with van der Waals surface area (Å²) >= 11 is 1.80. The average Bonchev–Trinajstić information content (AvgIpc) is 3.28. The Bertz CT molecular complexity index is 966. The molecule has 0 radical (unpaired) electrons. The van der Waals surface area contributed by atoms with Crippen molar-refractivity contribution in [1.82, 2.24) is 0 Å². The highest BCUT2D eigenvalue weighted by Crippen LogP contribution is 2.49. The van der Waals surface area contributed by atoms with E-state index in [0.29, 0.717) is 11.6 Å². The number of para-hydroxylation sites is 1. The van der Waals surface area contributed by atoms with Crippen LogP contribution in [0, 0.1) is 0 Å². The predicted molar refractivity (Wildman–Crippen MR) is 114 cm³/mol. The first-order valence-electron chi connectivity index (χ1n) is 10.1. The zero-order chi connectivity index (χ0) is 21.1. The third kappa shape index (κ3) is 4.00. The van der Waals surface area contributed by atoms with Crippen molar-refractivity contribution in [2.24, 2.45) is 0 Å². The van der Waals surface area contributed by atoms with E-state index >= 15 is 0 Å². The second-order valence-corrected chi connectivity index (χ2v) is 8.42. The number of esters is 2. The van der Waals surface area contributed by atoms with Gasteiger partial charge >= 0.3 is 11.9 Å². The van der Waals surface area contributed by atoms with Gasteiger partial charge in [-0.1, -0.05) is 31.0 Å². The van der Waals surface area contributed by atoms with Crippen LogP contribution in [0.1, 0.15) is 53.7 Å². The van der Waals surface area contributed by atoms with Gasteiger partial charge in [-0.15, -0.1) is 11.3 Å². The van der Waals surface area contributed by atoms with Crippen LogP contribution in [0.3, 0.4) is 0 Å². The Hall–Kier alpha value is -2.64. The van der Waals surface area contributed by atoms with Crippen LogP contribution in [0.25, 0.3) is 0 Å². The minimum atomic E-state index is -0.650. The Morgan fingerprint density at radius 3 is 2.70 bits per heavy atom. The summed E-state index contributed by atoms with van der Waals surface area (Å²) in [5.41, 5.74) is 2.80. The normalized spacial score (nSPS) is 23.1. The monoisotopic (exact) mass is 427 g/mol. The number of anilines is 1. The van der Waals surface area contributed by atoms with Crippen LogP contribution in [0.15, 0.2) is 47.5 Å². The van der Waals surface area contributed by atoms with E-state index in [-0.39, 0.29) is 17.9 Å². The molecular weight excluding hydrogens is 402 g/mol. The van der Waals surface area contributed by atoms with Crippen molar-refractivity contribution in [3.63, 3.8) is 0 Å². The fourth-order valence-electron chi connectivity index (χ4n) is 4.31. The molecule has 0 spiro atoms. The van der Waals surface area contributed by atoms with Crippen molar-refractivity contribution in [1.29, 1.82) is 0 Å². The summed E-state index contributed by atoms with van der Waals surface area (Å²) < 4.78 is 16.1. The van der Waals surface area contributed by atoms with Crippen molar-refractivity contribution < 1.29 is 23.8 Å². The number of carbonyl (C=O) groups is 2. The average molecular weight is 428 g/mol. The SMILES string of the molecule is COC(=O)/C=C(/Nc1ccccc1C1OC2CCCCC2c2sccc21)C(=O)OC. The Kier molecular flexibility index (Phi) is 6.20. The Balaban J connectivity index is 1.71. The molecule has 1 saturated carbocycles. The molecule has 6 nitrogen and oxygen atoms in total. The number of hydrogen-bond acceptors (Lipinski definition) is 7. The van der Waals surface area contributed by atoms with Crippen LogP contribution >= 0.6 is 11.3 Å². The van der Waals surface area contributed by atoms with Gasteiger partial charge in [0.05, 0.1) is 26.4 Å². The Morgan fingerprint density at radius 1 is 1.10 bits per heavy atom. The number of hydrogen-bond donors (Lipinski definition) is 1. The van der Waals surface area contributed by atoms with Crippen molar-refractivity contribution in [3.05, 3.63) is 63.5 Å². The highest BCUT2D eigenvalue weighted by molar-refractivity contribution is 7.10. The van der Waals surface area contributed by atoms with E-state index in [9.17, 15) is 9.59 Å². The molecule has 1 N–H and O–H groups in total. The molecule has 7 heteroatoms. The van der Waals surface area contributed by atoms with Crippen molar-refractivity contribution in [2.45, 2.75) is 43.8 Å². The second-order valence-electron chi connectivity index (χ2n) is 7.47. The van der Waals surface area contributed by atoms with Crippen LogP contribution < -0.4 is 5.32 Å². The van der Waals surface area contributed by atoms with Crippen molar-refractivity contribution >= 4 is 29.0 Å². The van der Waals surface area contributed by atoms with Gasteiger partial charge < -0.3 is 19.5 Å². The van der Waals surface area contributed by atoms with Crippen LogP contribution in [-0.4, -0.2) is 32.3 Å². The molecule has 0 saturated heterocycles. The molecule has 1 fully saturated rings. The lowest BCUT2D eigenvalue weighted by Gasteiger charge is -2.40. The molecule has 0 bridgehead atoms. The van der Waals surface area contributed by atoms with Gasteiger partial charge in [-0.25, -0.2) is 9.59 Å². The van der Waals surface area contributed by atoms with Gasteiger partial charge in [0, 0.05) is 22.0 Å². The molecule has 3 atom stereocenters. The maximum absolute atomic E-state index is 12.2. The number of methoxy groups -OCH3 is 2. The van der Waals surface area contributed by atoms with Crippen LogP contribution in [0.4, 0.5) is 5.69 Å². The van der Waals surface area contributed by atoms with Crippen molar-refractivity contribution in [2.75, 3.05) is 19.5 Å². The molecule has 1 aliphatic carbocycles. The van der Waals surface area contributed by atoms with E-state index in [1.165, 1.54) is 43.9 Å². The third-order valence-electron chi connectivity index (χ3n) is 5.74. The van der Waals surface area contributed by atoms with Gasteiger partial charge in [0.25, 0.3) is 0 Å². The van der Waals surface area contributed by atoms with Gasteiger partial charge in [-0.2, -0.15) is 0 Å². The molecule has 30 heavy (non-hydrogen) atoms. The van der Waals surface area contributed by atoms with Crippen LogP contribution in [-0.2, 0) is 23.8 Å². The van der Waals surface area contributed by atoms with E-state index in [4.69, 9.17) is 9.47 Å². The highest BCUT2D eigenvalue weighted by atomic mass is 32.1. The number of rotatable bonds is 5. The molecule has 1 aromatic carbocycles. The summed E-state index contributed by atoms with van der Waals surface area (Å²) in [5, 5.41) is 5.20. The molecule has 4 rings (SSSR count). The molecule has 1 aromatic heterocycles. The second kappa shape index (κ2) is 9.02. The summed E-state index contributed by atoms with van der Waals surface area (Å²) in [7, 11) is 2.53. The van der Waals surface area contributed by atoms with Crippen molar-refractivity contribution in [3.8, 4) is 0 Å². The number of benzene rings is 1. The first-order valence-corrected chi connectivity index (χ1v) is 11.0. The van der Waals surface area contributed by atoms with Gasteiger partial charge in [0.1, 0.15) is 11.8 Å². The highest BCUT2D eigenvalue weighted by Gasteiger charge is 2.39. The largest absolute Gasteiger partial charge is 0.466 e. The molecule has 2 heterocycles. The number of thiophene rings is 1. The number of carbonyl (C=O) groups excluding carboxylic acids is 2. The summed E-state index contributed by atoms with van der Waals surface area (Å²) in [5.74, 6) is -0.822. The van der Waals surface area contributed by atoms with Gasteiger partial charge in [-0.05, 0) is 35.9 Å². The smallest absolute Gasteiger partial charge is 0.354 e. The summed E-state index contributed by atoms with van der Waals surface area (Å²) in [4.78, 5) is 25.4. The van der Waals surface area contributed by atoms with Gasteiger partial charge in [0.2, 0.25) is 0 Å². The molecule has 1 aliphatic heterocycles. The topological polar surface area (TPSA) is 73.9 Å². The maximum atomic E-state index is 12.2. The zero-order valence-corrected chi connectivity index (χ0v) is 17.9. The molecule has 3 unspecified atom stereocenters. The summed E-state index contributed by atoms with van der Waals surface area (Å²) in [6.45, 7) is 0. The van der Waals surface area contributed by atoms with Gasteiger partial charge in [0.15, 0.2) is 0 Å². The minimum absolute atomic E-state index is 0.00805. The minimum Gasteiger partial charge on any atom is -0.466 e. The Labute approximate surface area is 179 Å². The first kappa shape index (κ1) is 20.6. The molecule has 2 aliphatic rings. The maximum Gasteiger partial charge on any atom is 0.354 e.